The van der Waals surface area contributed by atoms with Crippen molar-refractivity contribution < 1.29 is 23.9 Å². The molecule has 4 rings (SSSR count). The number of para-hydroxylation sites is 1. The van der Waals surface area contributed by atoms with Gasteiger partial charge < -0.3 is 14.8 Å². The van der Waals surface area contributed by atoms with Gasteiger partial charge in [-0.1, -0.05) is 34.1 Å². The van der Waals surface area contributed by atoms with Gasteiger partial charge in [-0.05, 0) is 78.9 Å². The number of halogens is 1. The van der Waals surface area contributed by atoms with Crippen LogP contribution in [0.15, 0.2) is 107 Å². The Morgan fingerprint density at radius 3 is 2.24 bits per heavy atom. The topological polar surface area (TPSA) is 106 Å². The molecule has 0 saturated heterocycles. The van der Waals surface area contributed by atoms with Gasteiger partial charge in [-0.2, -0.15) is 5.10 Å². The smallest absolute Gasteiger partial charge is 0.343 e. The van der Waals surface area contributed by atoms with Crippen LogP contribution in [0.3, 0.4) is 0 Å². The van der Waals surface area contributed by atoms with Crippen LogP contribution in [0, 0.1) is 0 Å². The van der Waals surface area contributed by atoms with Gasteiger partial charge in [-0.15, -0.1) is 0 Å². The van der Waals surface area contributed by atoms with E-state index in [0.717, 1.165) is 4.47 Å². The van der Waals surface area contributed by atoms with Crippen molar-refractivity contribution in [2.75, 3.05) is 12.4 Å². The van der Waals surface area contributed by atoms with Gasteiger partial charge in [0.2, 0.25) is 0 Å². The molecule has 0 aromatic heterocycles. The van der Waals surface area contributed by atoms with Crippen molar-refractivity contribution in [3.63, 3.8) is 0 Å². The van der Waals surface area contributed by atoms with E-state index in [2.05, 4.69) is 31.8 Å². The number of anilines is 1. The molecule has 4 aromatic carbocycles. The van der Waals surface area contributed by atoms with Crippen LogP contribution < -0.4 is 20.2 Å². The predicted molar refractivity (Wildman–Crippen MR) is 148 cm³/mol. The van der Waals surface area contributed by atoms with Crippen LogP contribution in [0.25, 0.3) is 0 Å². The maximum Gasteiger partial charge on any atom is 0.343 e. The Hall–Kier alpha value is -4.76. The highest BCUT2D eigenvalue weighted by Crippen LogP contribution is 2.19. The molecular formula is C29H22BrN3O5. The van der Waals surface area contributed by atoms with Crippen LogP contribution >= 0.6 is 15.9 Å². The predicted octanol–water partition coefficient (Wildman–Crippen LogP) is 5.69. The number of amides is 2. The van der Waals surface area contributed by atoms with Crippen molar-refractivity contribution in [2.24, 2.45) is 5.10 Å². The number of rotatable bonds is 8. The highest BCUT2D eigenvalue weighted by Gasteiger charge is 2.12. The number of hydrazone groups is 1. The summed E-state index contributed by atoms with van der Waals surface area (Å²) in [5.74, 6) is -0.382. The van der Waals surface area contributed by atoms with Crippen LogP contribution in [-0.4, -0.2) is 31.1 Å². The SMILES string of the molecule is COc1ccc(C(=O)Nc2cccc(C(=O)NN=Cc3ccccc3OC(=O)c3ccc(Br)cc3)c2)cc1. The number of methoxy groups -OCH3 is 1. The van der Waals surface area contributed by atoms with Gasteiger partial charge in [-0.25, -0.2) is 10.2 Å². The zero-order valence-corrected chi connectivity index (χ0v) is 21.8. The lowest BCUT2D eigenvalue weighted by Crippen LogP contribution is -2.18. The highest BCUT2D eigenvalue weighted by atomic mass is 79.9. The molecule has 0 atom stereocenters. The molecule has 0 bridgehead atoms. The third kappa shape index (κ3) is 6.92. The molecule has 9 heteroatoms. The summed E-state index contributed by atoms with van der Waals surface area (Å²) in [5, 5.41) is 6.77. The normalized spacial score (nSPS) is 10.6. The number of esters is 1. The van der Waals surface area contributed by atoms with Crippen LogP contribution in [0.1, 0.15) is 36.6 Å². The zero-order chi connectivity index (χ0) is 26.9. The average molecular weight is 572 g/mol. The summed E-state index contributed by atoms with van der Waals surface area (Å²) in [6.45, 7) is 0. The minimum absolute atomic E-state index is 0.293. The lowest BCUT2D eigenvalue weighted by atomic mass is 10.1. The molecular weight excluding hydrogens is 550 g/mol. The molecule has 2 amide bonds. The summed E-state index contributed by atoms with van der Waals surface area (Å²) in [5.41, 5.74) is 4.54. The number of carbonyl (C=O) groups is 3. The van der Waals surface area contributed by atoms with E-state index in [-0.39, 0.29) is 5.91 Å². The molecule has 190 valence electrons. The van der Waals surface area contributed by atoms with Crippen LogP contribution in [-0.2, 0) is 0 Å². The van der Waals surface area contributed by atoms with Gasteiger partial charge in [0.1, 0.15) is 11.5 Å². The Morgan fingerprint density at radius 2 is 1.50 bits per heavy atom. The summed E-state index contributed by atoms with van der Waals surface area (Å²) < 4.78 is 11.5. The van der Waals surface area contributed by atoms with Crippen LogP contribution in [0.2, 0.25) is 0 Å². The van der Waals surface area contributed by atoms with Crippen molar-refractivity contribution in [1.29, 1.82) is 0 Å². The van der Waals surface area contributed by atoms with E-state index in [1.165, 1.54) is 6.21 Å². The first-order chi connectivity index (χ1) is 18.4. The van der Waals surface area contributed by atoms with Gasteiger partial charge in [0.25, 0.3) is 11.8 Å². The fraction of sp³-hybridized carbons (Fsp3) is 0.0345. The molecule has 38 heavy (non-hydrogen) atoms. The number of carbonyl (C=O) groups excluding carboxylic acids is 3. The molecule has 0 unspecified atom stereocenters. The van der Waals surface area contributed by atoms with E-state index in [1.54, 1.807) is 104 Å². The van der Waals surface area contributed by atoms with Gasteiger partial charge in [-0.3, -0.25) is 9.59 Å². The Kier molecular flexibility index (Phi) is 8.63. The first-order valence-electron chi connectivity index (χ1n) is 11.4. The number of nitrogens with zero attached hydrogens (tertiary/aromatic N) is 1. The molecule has 0 heterocycles. The molecule has 4 aromatic rings. The highest BCUT2D eigenvalue weighted by molar-refractivity contribution is 9.10. The fourth-order valence-electron chi connectivity index (χ4n) is 3.33. The van der Waals surface area contributed by atoms with Crippen molar-refractivity contribution >= 4 is 45.6 Å². The van der Waals surface area contributed by atoms with Crippen molar-refractivity contribution in [2.45, 2.75) is 0 Å². The first-order valence-corrected chi connectivity index (χ1v) is 12.2. The molecule has 8 nitrogen and oxygen atoms in total. The lowest BCUT2D eigenvalue weighted by molar-refractivity contribution is 0.0734. The Morgan fingerprint density at radius 1 is 0.789 bits per heavy atom. The molecule has 0 spiro atoms. The number of ether oxygens (including phenoxy) is 2. The molecule has 0 saturated carbocycles. The van der Waals surface area contributed by atoms with E-state index in [1.807, 2.05) is 0 Å². The zero-order valence-electron chi connectivity index (χ0n) is 20.2. The van der Waals surface area contributed by atoms with Crippen molar-refractivity contribution in [1.82, 2.24) is 5.43 Å². The van der Waals surface area contributed by atoms with Gasteiger partial charge in [0, 0.05) is 26.9 Å². The molecule has 0 aliphatic rings. The number of benzene rings is 4. The minimum atomic E-state index is -0.518. The van der Waals surface area contributed by atoms with E-state index >= 15 is 0 Å². The third-order valence-electron chi connectivity index (χ3n) is 5.31. The third-order valence-corrected chi connectivity index (χ3v) is 5.83. The average Bonchev–Trinajstić information content (AvgIpc) is 2.94. The summed E-state index contributed by atoms with van der Waals surface area (Å²) in [6.07, 6.45) is 1.39. The Bertz CT molecular complexity index is 1490. The summed E-state index contributed by atoms with van der Waals surface area (Å²) in [4.78, 5) is 37.7. The minimum Gasteiger partial charge on any atom is -0.497 e. The van der Waals surface area contributed by atoms with Gasteiger partial charge >= 0.3 is 5.97 Å². The monoisotopic (exact) mass is 571 g/mol. The van der Waals surface area contributed by atoms with Gasteiger partial charge in [0.15, 0.2) is 0 Å². The van der Waals surface area contributed by atoms with Crippen LogP contribution in [0.4, 0.5) is 5.69 Å². The quantitative estimate of drug-likeness (QED) is 0.122. The van der Waals surface area contributed by atoms with E-state index in [4.69, 9.17) is 9.47 Å². The maximum atomic E-state index is 12.6. The Labute approximate surface area is 227 Å². The van der Waals surface area contributed by atoms with E-state index in [0.29, 0.717) is 39.4 Å². The van der Waals surface area contributed by atoms with Gasteiger partial charge in [0.05, 0.1) is 18.9 Å². The molecule has 0 aliphatic heterocycles. The maximum absolute atomic E-state index is 12.6. The summed E-state index contributed by atoms with van der Waals surface area (Å²) >= 11 is 3.33. The van der Waals surface area contributed by atoms with E-state index < -0.39 is 11.9 Å². The second-order valence-corrected chi connectivity index (χ2v) is 8.81. The molecule has 0 fully saturated rings. The van der Waals surface area contributed by atoms with Crippen molar-refractivity contribution in [3.8, 4) is 11.5 Å². The molecule has 0 aliphatic carbocycles. The molecule has 0 radical (unpaired) electrons. The number of hydrogen-bond acceptors (Lipinski definition) is 6. The largest absolute Gasteiger partial charge is 0.497 e. The summed E-state index contributed by atoms with van der Waals surface area (Å²) in [6, 6.07) is 26.8. The number of hydrogen-bond donors (Lipinski definition) is 2. The van der Waals surface area contributed by atoms with Crippen molar-refractivity contribution in [3.05, 3.63) is 124 Å². The standard InChI is InChI=1S/C29H22BrN3O5/c1-37-25-15-11-19(12-16-25)27(34)32-24-7-4-6-21(17-24)28(35)33-31-18-22-5-2-3-8-26(22)38-29(36)20-9-13-23(30)14-10-20/h2-18H,1H3,(H,32,34)(H,33,35). The number of nitrogens with one attached hydrogen (secondary N) is 2. The Balaban J connectivity index is 1.38. The second kappa shape index (κ2) is 12.5. The van der Waals surface area contributed by atoms with Crippen LogP contribution in [0.5, 0.6) is 11.5 Å². The van der Waals surface area contributed by atoms with E-state index in [9.17, 15) is 14.4 Å². The second-order valence-electron chi connectivity index (χ2n) is 7.90. The summed E-state index contributed by atoms with van der Waals surface area (Å²) in [7, 11) is 1.55. The molecule has 2 N–H and O–H groups in total. The fourth-order valence-corrected chi connectivity index (χ4v) is 3.60. The lowest BCUT2D eigenvalue weighted by Gasteiger charge is -2.08. The first kappa shape index (κ1) is 26.3.